The van der Waals surface area contributed by atoms with E-state index >= 15 is 0 Å². The number of carbonyl (C=O) groups is 1. The summed E-state index contributed by atoms with van der Waals surface area (Å²) >= 11 is 0. The zero-order valence-corrected chi connectivity index (χ0v) is 13.2. The fraction of sp³-hybridized carbons (Fsp3) is 0.588. The Labute approximate surface area is 138 Å². The lowest BCUT2D eigenvalue weighted by Crippen LogP contribution is -2.42. The van der Waals surface area contributed by atoms with Gasteiger partial charge in [-0.2, -0.15) is 0 Å². The Balaban J connectivity index is 1.57. The van der Waals surface area contributed by atoms with Gasteiger partial charge in [0, 0.05) is 18.2 Å². The molecule has 1 aromatic rings. The monoisotopic (exact) mass is 342 g/mol. The minimum atomic E-state index is -4.75. The third-order valence-corrected chi connectivity index (χ3v) is 4.83. The van der Waals surface area contributed by atoms with Gasteiger partial charge in [0.1, 0.15) is 5.75 Å². The van der Waals surface area contributed by atoms with Gasteiger partial charge >= 0.3 is 6.36 Å². The predicted octanol–water partition coefficient (Wildman–Crippen LogP) is 3.12. The van der Waals surface area contributed by atoms with Crippen molar-refractivity contribution in [3.63, 3.8) is 0 Å². The number of fused-ring (bicyclic) bond motifs is 1. The highest BCUT2D eigenvalue weighted by molar-refractivity contribution is 5.82. The van der Waals surface area contributed by atoms with E-state index in [1.807, 2.05) is 0 Å². The summed E-state index contributed by atoms with van der Waals surface area (Å²) in [6, 6.07) is 5.99. The van der Waals surface area contributed by atoms with E-state index in [9.17, 15) is 18.0 Å². The number of halogens is 3. The van der Waals surface area contributed by atoms with Crippen LogP contribution in [0.15, 0.2) is 24.3 Å². The van der Waals surface area contributed by atoms with Crippen molar-refractivity contribution in [2.24, 2.45) is 5.92 Å². The number of carbonyl (C=O) groups excluding carboxylic acids is 1. The Morgan fingerprint density at radius 2 is 2.00 bits per heavy atom. The number of nitrogens with one attached hydrogen (secondary N) is 2. The highest BCUT2D eigenvalue weighted by atomic mass is 19.4. The van der Waals surface area contributed by atoms with Crippen LogP contribution < -0.4 is 15.4 Å². The number of ether oxygens (including phenoxy) is 1. The highest BCUT2D eigenvalue weighted by Gasteiger charge is 2.38. The van der Waals surface area contributed by atoms with Crippen molar-refractivity contribution in [3.05, 3.63) is 29.8 Å². The van der Waals surface area contributed by atoms with Gasteiger partial charge in [0.15, 0.2) is 0 Å². The number of alkyl halides is 3. The van der Waals surface area contributed by atoms with Gasteiger partial charge in [0.2, 0.25) is 5.91 Å². The van der Waals surface area contributed by atoms with Crippen LogP contribution in [0.5, 0.6) is 5.75 Å². The van der Waals surface area contributed by atoms with E-state index in [0.717, 1.165) is 19.3 Å². The molecular formula is C17H21F3N2O2. The predicted molar refractivity (Wildman–Crippen MR) is 82.3 cm³/mol. The number of amides is 1. The minimum absolute atomic E-state index is 0.0125. The fourth-order valence-electron chi connectivity index (χ4n) is 3.70. The molecule has 1 saturated carbocycles. The van der Waals surface area contributed by atoms with Gasteiger partial charge in [-0.3, -0.25) is 4.79 Å². The molecule has 2 aliphatic rings. The summed E-state index contributed by atoms with van der Waals surface area (Å²) in [5, 5.41) is 6.09. The average molecular weight is 342 g/mol. The van der Waals surface area contributed by atoms with Crippen molar-refractivity contribution in [2.75, 3.05) is 0 Å². The smallest absolute Gasteiger partial charge is 0.405 e. The van der Waals surface area contributed by atoms with Gasteiger partial charge in [0.25, 0.3) is 0 Å². The van der Waals surface area contributed by atoms with E-state index in [1.54, 1.807) is 6.07 Å². The normalized spacial score (nSPS) is 26.7. The first-order valence-electron chi connectivity index (χ1n) is 8.30. The molecular weight excluding hydrogens is 321 g/mol. The van der Waals surface area contributed by atoms with E-state index < -0.39 is 6.36 Å². The van der Waals surface area contributed by atoms with Crippen LogP contribution in [0.2, 0.25) is 0 Å². The Hall–Kier alpha value is -1.76. The first-order valence-corrected chi connectivity index (χ1v) is 8.30. The lowest BCUT2D eigenvalue weighted by molar-refractivity contribution is -0.274. The number of hydrogen-bond donors (Lipinski definition) is 2. The van der Waals surface area contributed by atoms with Gasteiger partial charge in [-0.1, -0.05) is 31.0 Å². The van der Waals surface area contributed by atoms with Crippen molar-refractivity contribution < 1.29 is 22.7 Å². The van der Waals surface area contributed by atoms with Crippen LogP contribution in [-0.2, 0) is 11.3 Å². The second-order valence-electron chi connectivity index (χ2n) is 6.48. The maximum Gasteiger partial charge on any atom is 0.573 e. The molecule has 1 aliphatic carbocycles. The van der Waals surface area contributed by atoms with Gasteiger partial charge in [-0.25, -0.2) is 0 Å². The van der Waals surface area contributed by atoms with Crippen LogP contribution in [0.25, 0.3) is 0 Å². The molecule has 0 bridgehead atoms. The average Bonchev–Trinajstić information content (AvgIpc) is 2.96. The Kier molecular flexibility index (Phi) is 4.99. The van der Waals surface area contributed by atoms with Crippen LogP contribution in [0.3, 0.4) is 0 Å². The van der Waals surface area contributed by atoms with Gasteiger partial charge in [-0.05, 0) is 31.2 Å². The maximum atomic E-state index is 12.4. The van der Waals surface area contributed by atoms with Crippen LogP contribution in [-0.4, -0.2) is 24.4 Å². The van der Waals surface area contributed by atoms with Crippen molar-refractivity contribution >= 4 is 5.91 Å². The SMILES string of the molecule is O=C(NCc1ccccc1OC(F)(F)F)C1CC2CCCCC2N1. The third-order valence-electron chi connectivity index (χ3n) is 4.83. The second-order valence-corrected chi connectivity index (χ2v) is 6.48. The topological polar surface area (TPSA) is 50.4 Å². The zero-order chi connectivity index (χ0) is 17.2. The molecule has 0 aromatic heterocycles. The van der Waals surface area contributed by atoms with Gasteiger partial charge < -0.3 is 15.4 Å². The van der Waals surface area contributed by atoms with Crippen molar-refractivity contribution in [3.8, 4) is 5.75 Å². The molecule has 132 valence electrons. The van der Waals surface area contributed by atoms with Crippen molar-refractivity contribution in [1.29, 1.82) is 0 Å². The fourth-order valence-corrected chi connectivity index (χ4v) is 3.70. The molecule has 2 N–H and O–H groups in total. The van der Waals surface area contributed by atoms with E-state index in [2.05, 4.69) is 15.4 Å². The lowest BCUT2D eigenvalue weighted by Gasteiger charge is -2.24. The summed E-state index contributed by atoms with van der Waals surface area (Å²) in [5.74, 6) is 0.0971. The molecule has 3 unspecified atom stereocenters. The number of rotatable bonds is 4. The Bertz CT molecular complexity index is 577. The van der Waals surface area contributed by atoms with E-state index in [4.69, 9.17) is 0 Å². The maximum absolute atomic E-state index is 12.4. The first-order chi connectivity index (χ1) is 11.4. The Morgan fingerprint density at radius 1 is 1.25 bits per heavy atom. The largest absolute Gasteiger partial charge is 0.573 e. The molecule has 0 radical (unpaired) electrons. The lowest BCUT2D eigenvalue weighted by atomic mass is 9.85. The molecule has 7 heteroatoms. The molecule has 1 aliphatic heterocycles. The summed E-state index contributed by atoms with van der Waals surface area (Å²) in [6.45, 7) is 0.0125. The first kappa shape index (κ1) is 17.1. The quantitative estimate of drug-likeness (QED) is 0.884. The van der Waals surface area contributed by atoms with Gasteiger partial charge in [-0.15, -0.1) is 13.2 Å². The molecule has 4 nitrogen and oxygen atoms in total. The van der Waals surface area contributed by atoms with Crippen LogP contribution >= 0.6 is 0 Å². The summed E-state index contributed by atoms with van der Waals surface area (Å²) in [6.07, 6.45) is 0.685. The number of benzene rings is 1. The van der Waals surface area contributed by atoms with E-state index in [1.165, 1.54) is 31.0 Å². The Morgan fingerprint density at radius 3 is 2.75 bits per heavy atom. The van der Waals surface area contributed by atoms with Crippen LogP contribution in [0, 0.1) is 5.92 Å². The van der Waals surface area contributed by atoms with E-state index in [-0.39, 0.29) is 24.2 Å². The summed E-state index contributed by atoms with van der Waals surface area (Å²) in [4.78, 5) is 12.3. The van der Waals surface area contributed by atoms with Gasteiger partial charge in [0.05, 0.1) is 6.04 Å². The van der Waals surface area contributed by atoms with Crippen LogP contribution in [0.1, 0.15) is 37.7 Å². The minimum Gasteiger partial charge on any atom is -0.405 e. The van der Waals surface area contributed by atoms with Crippen LogP contribution in [0.4, 0.5) is 13.2 Å². The summed E-state index contributed by atoms with van der Waals surface area (Å²) < 4.78 is 41.2. The third kappa shape index (κ3) is 4.20. The van der Waals surface area contributed by atoms with Crippen molar-refractivity contribution in [1.82, 2.24) is 10.6 Å². The summed E-state index contributed by atoms with van der Waals surface area (Å²) in [5.41, 5.74) is 0.304. The summed E-state index contributed by atoms with van der Waals surface area (Å²) in [7, 11) is 0. The molecule has 1 heterocycles. The molecule has 1 amide bonds. The second kappa shape index (κ2) is 7.01. The van der Waals surface area contributed by atoms with E-state index in [0.29, 0.717) is 17.5 Å². The molecule has 3 rings (SSSR count). The highest BCUT2D eigenvalue weighted by Crippen LogP contribution is 2.33. The molecule has 0 spiro atoms. The van der Waals surface area contributed by atoms with Crippen molar-refractivity contribution in [2.45, 2.75) is 57.1 Å². The number of para-hydroxylation sites is 1. The molecule has 1 saturated heterocycles. The molecule has 24 heavy (non-hydrogen) atoms. The molecule has 3 atom stereocenters. The zero-order valence-electron chi connectivity index (χ0n) is 13.2. The number of hydrogen-bond acceptors (Lipinski definition) is 3. The standard InChI is InChI=1S/C17H21F3N2O2/c18-17(19,20)24-15-8-4-2-6-12(15)10-21-16(23)14-9-11-5-1-3-7-13(11)22-14/h2,4,6,8,11,13-14,22H,1,3,5,7,9-10H2,(H,21,23). The molecule has 1 aromatic carbocycles. The molecule has 2 fully saturated rings.